The molecule has 0 atom stereocenters. The molecule has 2 saturated heterocycles. The van der Waals surface area contributed by atoms with Gasteiger partial charge in [-0.15, -0.1) is 0 Å². The predicted molar refractivity (Wildman–Crippen MR) is 288 cm³/mol. The first-order valence-corrected chi connectivity index (χ1v) is 25.9. The largest absolute Gasteiger partial charge is 0.494 e. The minimum Gasteiger partial charge on any atom is -0.494 e. The Balaban J connectivity index is 1.02. The molecule has 0 bridgehead atoms. The van der Waals surface area contributed by atoms with Crippen molar-refractivity contribution in [1.82, 2.24) is 48.5 Å². The van der Waals surface area contributed by atoms with Crippen molar-refractivity contribution < 1.29 is 47.7 Å². The fourth-order valence-electron chi connectivity index (χ4n) is 9.39. The van der Waals surface area contributed by atoms with E-state index in [0.29, 0.717) is 110 Å². The van der Waals surface area contributed by atoms with Crippen molar-refractivity contribution >= 4 is 69.8 Å². The number of carbonyl (C=O) groups excluding carboxylic acids is 6. The molecule has 24 heteroatoms. The molecule has 2 aliphatic rings. The Morgan fingerprint density at radius 3 is 1.64 bits per heavy atom. The van der Waals surface area contributed by atoms with E-state index in [1.54, 1.807) is 54.3 Å². The lowest BCUT2D eigenvalue weighted by Crippen LogP contribution is -2.45. The van der Waals surface area contributed by atoms with Crippen LogP contribution in [-0.4, -0.2) is 136 Å². The molecular formula is C54H66N14O10. The molecule has 0 unspecified atom stereocenters. The number of methoxy groups -OCH3 is 1. The van der Waals surface area contributed by atoms with Gasteiger partial charge < -0.3 is 49.3 Å². The molecule has 6 heterocycles. The second-order valence-electron chi connectivity index (χ2n) is 20.0. The summed E-state index contributed by atoms with van der Waals surface area (Å²) in [7, 11) is 1.45. The monoisotopic (exact) mass is 1070 g/mol. The number of aryl methyl sites for hydroxylation is 4. The van der Waals surface area contributed by atoms with Crippen LogP contribution in [0.5, 0.6) is 11.5 Å². The summed E-state index contributed by atoms with van der Waals surface area (Å²) in [5.41, 5.74) is 14.7. The van der Waals surface area contributed by atoms with Crippen LogP contribution < -0.4 is 31.6 Å². The number of ether oxygens (including phenoxy) is 4. The van der Waals surface area contributed by atoms with Gasteiger partial charge in [0.25, 0.3) is 11.8 Å². The lowest BCUT2D eigenvalue weighted by molar-refractivity contribution is -0.000217. The first-order valence-electron chi connectivity index (χ1n) is 25.9. The smallest absolute Gasteiger partial charge is 0.410 e. The van der Waals surface area contributed by atoms with Crippen LogP contribution >= 0.6 is 0 Å². The van der Waals surface area contributed by atoms with Crippen molar-refractivity contribution in [3.63, 3.8) is 0 Å². The van der Waals surface area contributed by atoms with Gasteiger partial charge in [0.2, 0.25) is 23.7 Å². The Morgan fingerprint density at radius 2 is 1.17 bits per heavy atom. The number of benzene rings is 2. The zero-order valence-electron chi connectivity index (χ0n) is 45.2. The average Bonchev–Trinajstić information content (AvgIpc) is 4.25. The van der Waals surface area contributed by atoms with E-state index in [0.717, 1.165) is 0 Å². The fourth-order valence-corrected chi connectivity index (χ4v) is 9.39. The van der Waals surface area contributed by atoms with Crippen LogP contribution in [0, 0.1) is 31.6 Å². The van der Waals surface area contributed by atoms with E-state index in [4.69, 9.17) is 40.4 Å². The molecule has 0 aliphatic carbocycles. The normalized spacial score (nSPS) is 14.4. The third kappa shape index (κ3) is 12.7. The van der Waals surface area contributed by atoms with Crippen molar-refractivity contribution in [2.75, 3.05) is 50.5 Å². The van der Waals surface area contributed by atoms with Crippen LogP contribution in [0.4, 0.5) is 21.5 Å². The van der Waals surface area contributed by atoms with Crippen molar-refractivity contribution in [3.8, 4) is 23.3 Å². The molecule has 6 N–H and O–H groups in total. The molecule has 24 nitrogen and oxygen atoms in total. The number of carbonyl (C=O) groups is 6. The molecule has 8 rings (SSSR count). The number of piperidine rings is 2. The minimum atomic E-state index is -0.727. The zero-order valence-corrected chi connectivity index (χ0v) is 45.2. The lowest BCUT2D eigenvalue weighted by Gasteiger charge is -2.35. The highest BCUT2D eigenvalue weighted by atomic mass is 16.6. The number of hydrogen-bond acceptors (Lipinski definition) is 14. The van der Waals surface area contributed by atoms with Crippen LogP contribution in [0.15, 0.2) is 48.6 Å². The summed E-state index contributed by atoms with van der Waals surface area (Å²) >= 11 is 0. The van der Waals surface area contributed by atoms with Crippen molar-refractivity contribution in [2.45, 2.75) is 112 Å². The summed E-state index contributed by atoms with van der Waals surface area (Å²) in [5, 5.41) is 14.7. The summed E-state index contributed by atoms with van der Waals surface area (Å²) in [6.45, 7) is 15.6. The summed E-state index contributed by atoms with van der Waals surface area (Å²) in [6.07, 6.45) is 4.87. The second kappa shape index (κ2) is 23.6. The van der Waals surface area contributed by atoms with Gasteiger partial charge in [-0.05, 0) is 97.7 Å². The number of nitrogens with zero attached hydrogens (tertiary/aromatic N) is 10. The zero-order chi connectivity index (χ0) is 56.0. The highest BCUT2D eigenvalue weighted by Gasteiger charge is 2.31. The second-order valence-corrected chi connectivity index (χ2v) is 20.0. The van der Waals surface area contributed by atoms with E-state index < -0.39 is 29.2 Å². The number of likely N-dealkylation sites (tertiary alicyclic amines) is 2. The average molecular weight is 1070 g/mol. The van der Waals surface area contributed by atoms with Gasteiger partial charge in [0.15, 0.2) is 0 Å². The summed E-state index contributed by atoms with van der Waals surface area (Å²) in [6, 6.07) is 9.39. The standard InChI is InChI=1S/C54H66N14O10/c1-9-67-40(26-32(3)61-67)48(71)59-50-57-38-28-35(46(55)69)30-42(75-8)44(38)65(50)19-11-12-20-66-45-39(58-51(66)60-49(72)41-27-33(4)62-68(41)10-2)29-36(47(56)70)31-43(45)76-25-13-14-34-15-21-63(22-16-34)52(73)77-37-17-23-64(24-18-37)53(74)78-54(5,6)7/h11-12,26-31,34,37H,9-10,15-25H2,1-8H3,(H2,55,69)(H2,56,70)(H,57,59,71)(H,58,60,72)/b12-11+. The molecule has 412 valence electrons. The Hall–Kier alpha value is -8.88. The molecule has 2 aromatic carbocycles. The number of fused-ring (bicyclic) bond motifs is 2. The number of hydrogen-bond donors (Lipinski definition) is 4. The first kappa shape index (κ1) is 55.4. The van der Waals surface area contributed by atoms with Gasteiger partial charge in [0, 0.05) is 82.2 Å². The number of primary amides is 2. The SMILES string of the molecule is CCn1nc(C)cc1C(=O)Nc1nc2cc(C(N)=O)cc(OC)c2n1C/C=C/Cn1c(NC(=O)c2cc(C)nn2CC)nc2cc(C(N)=O)cc(OCC#CC3CCN(C(=O)OC4CCN(C(=O)OC(C)(C)C)CC4)CC3)c21. The number of nitrogens with two attached hydrogens (primary N) is 2. The van der Waals surface area contributed by atoms with E-state index >= 15 is 0 Å². The number of aromatic nitrogens is 8. The molecule has 2 fully saturated rings. The number of rotatable bonds is 16. The van der Waals surface area contributed by atoms with Crippen molar-refractivity contribution in [2.24, 2.45) is 17.4 Å². The van der Waals surface area contributed by atoms with Gasteiger partial charge in [-0.3, -0.25) is 39.2 Å². The maximum Gasteiger partial charge on any atom is 0.410 e. The van der Waals surface area contributed by atoms with E-state index in [9.17, 15) is 28.8 Å². The van der Waals surface area contributed by atoms with Gasteiger partial charge in [-0.2, -0.15) is 10.2 Å². The van der Waals surface area contributed by atoms with Crippen LogP contribution in [0.3, 0.4) is 0 Å². The molecular weight excluding hydrogens is 1000 g/mol. The van der Waals surface area contributed by atoms with Gasteiger partial charge in [0.05, 0.1) is 29.5 Å². The quantitative estimate of drug-likeness (QED) is 0.0636. The Morgan fingerprint density at radius 1 is 0.692 bits per heavy atom. The van der Waals surface area contributed by atoms with Crippen LogP contribution in [0.1, 0.15) is 113 Å². The number of imidazole rings is 2. The van der Waals surface area contributed by atoms with E-state index in [1.165, 1.54) is 31.4 Å². The molecule has 0 saturated carbocycles. The Labute approximate surface area is 450 Å². The third-order valence-corrected chi connectivity index (χ3v) is 13.2. The minimum absolute atomic E-state index is 0.0277. The van der Waals surface area contributed by atoms with Crippen LogP contribution in [-0.2, 0) is 35.7 Å². The van der Waals surface area contributed by atoms with E-state index in [2.05, 4.69) is 32.7 Å². The van der Waals surface area contributed by atoms with Crippen LogP contribution in [0.25, 0.3) is 22.1 Å². The summed E-state index contributed by atoms with van der Waals surface area (Å²) in [5.74, 6) is 4.81. The fraction of sp³-hybridized carbons (Fsp3) is 0.444. The molecule has 78 heavy (non-hydrogen) atoms. The molecule has 0 radical (unpaired) electrons. The van der Waals surface area contributed by atoms with Gasteiger partial charge in [0.1, 0.15) is 52.2 Å². The maximum atomic E-state index is 14.0. The van der Waals surface area contributed by atoms with Gasteiger partial charge >= 0.3 is 12.2 Å². The van der Waals surface area contributed by atoms with Crippen LogP contribution in [0.2, 0.25) is 0 Å². The highest BCUT2D eigenvalue weighted by Crippen LogP contribution is 2.33. The lowest BCUT2D eigenvalue weighted by atomic mass is 9.98. The van der Waals surface area contributed by atoms with E-state index in [-0.39, 0.29) is 78.4 Å². The third-order valence-electron chi connectivity index (χ3n) is 13.2. The molecule has 4 aromatic heterocycles. The predicted octanol–water partition coefficient (Wildman–Crippen LogP) is 6.03. The summed E-state index contributed by atoms with van der Waals surface area (Å²) < 4.78 is 30.0. The van der Waals surface area contributed by atoms with Crippen molar-refractivity contribution in [1.29, 1.82) is 0 Å². The van der Waals surface area contributed by atoms with Gasteiger partial charge in [-0.25, -0.2) is 19.6 Å². The van der Waals surface area contributed by atoms with E-state index in [1.807, 2.05) is 46.8 Å². The Kier molecular flexibility index (Phi) is 16.7. The first-order chi connectivity index (χ1) is 37.2. The number of anilines is 2. The Bertz CT molecular complexity index is 3370. The summed E-state index contributed by atoms with van der Waals surface area (Å²) in [4.78, 5) is 91.3. The number of allylic oxidation sites excluding steroid dienone is 2. The number of nitrogens with one attached hydrogen (secondary N) is 2. The molecule has 6 aromatic rings. The maximum absolute atomic E-state index is 14.0. The van der Waals surface area contributed by atoms with Gasteiger partial charge in [-0.1, -0.05) is 24.0 Å². The van der Waals surface area contributed by atoms with Crippen molar-refractivity contribution in [3.05, 3.63) is 82.5 Å². The number of amides is 6. The highest BCUT2D eigenvalue weighted by molar-refractivity contribution is 6.05. The molecule has 2 aliphatic heterocycles. The molecule has 0 spiro atoms. The topological polar surface area (TPSA) is 293 Å². The molecule has 6 amide bonds.